The van der Waals surface area contributed by atoms with Crippen LogP contribution in [0.3, 0.4) is 0 Å². The molecule has 2 heteroatoms. The molecule has 0 saturated carbocycles. The highest BCUT2D eigenvalue weighted by molar-refractivity contribution is 5.95. The van der Waals surface area contributed by atoms with Gasteiger partial charge in [-0.25, -0.2) is 0 Å². The molecule has 0 aromatic heterocycles. The number of rotatable bonds is 3. The Balaban J connectivity index is 2.15. The number of hydrogen-bond donors (Lipinski definition) is 0. The standard InChI is InChI=1S/C23H29NO/c1-6-9-18-12-14-19(15-13-18)23(5)16-22(3,4)24(17(2)25)21-11-8-7-10-20(21)23/h7-8,10-15H,6,9,16H2,1-5H3/t23-/m1/s1. The van der Waals surface area contributed by atoms with Crippen LogP contribution in [-0.4, -0.2) is 11.4 Å². The number of benzene rings is 2. The van der Waals surface area contributed by atoms with Crippen LogP contribution < -0.4 is 4.90 Å². The predicted molar refractivity (Wildman–Crippen MR) is 105 cm³/mol. The molecule has 0 bridgehead atoms. The molecule has 3 rings (SSSR count). The second-order valence-electron chi connectivity index (χ2n) is 8.14. The molecule has 2 nitrogen and oxygen atoms in total. The molecule has 2 aromatic rings. The quantitative estimate of drug-likeness (QED) is 0.727. The van der Waals surface area contributed by atoms with Gasteiger partial charge in [0.25, 0.3) is 0 Å². The van der Waals surface area contributed by atoms with Crippen molar-refractivity contribution in [2.75, 3.05) is 4.90 Å². The molecule has 1 aliphatic heterocycles. The van der Waals surface area contributed by atoms with Gasteiger partial charge in [-0.1, -0.05) is 62.7 Å². The summed E-state index contributed by atoms with van der Waals surface area (Å²) in [5.41, 5.74) is 4.69. The van der Waals surface area contributed by atoms with E-state index >= 15 is 0 Å². The molecule has 2 aromatic carbocycles. The van der Waals surface area contributed by atoms with Crippen LogP contribution in [0.15, 0.2) is 48.5 Å². The van der Waals surface area contributed by atoms with Crippen molar-refractivity contribution in [1.82, 2.24) is 0 Å². The highest BCUT2D eigenvalue weighted by Crippen LogP contribution is 2.50. The molecule has 0 radical (unpaired) electrons. The molecule has 0 fully saturated rings. The highest BCUT2D eigenvalue weighted by Gasteiger charge is 2.46. The first-order valence-electron chi connectivity index (χ1n) is 9.29. The summed E-state index contributed by atoms with van der Waals surface area (Å²) < 4.78 is 0. The average molecular weight is 335 g/mol. The zero-order valence-electron chi connectivity index (χ0n) is 16.1. The third-order valence-electron chi connectivity index (χ3n) is 5.58. The van der Waals surface area contributed by atoms with Crippen molar-refractivity contribution in [1.29, 1.82) is 0 Å². The van der Waals surface area contributed by atoms with Crippen molar-refractivity contribution in [3.63, 3.8) is 0 Å². The Morgan fingerprint density at radius 3 is 2.28 bits per heavy atom. The molecule has 132 valence electrons. The summed E-state index contributed by atoms with van der Waals surface area (Å²) in [5.74, 6) is 0.109. The molecule has 1 heterocycles. The van der Waals surface area contributed by atoms with Gasteiger partial charge in [-0.05, 0) is 49.4 Å². The molecule has 1 aliphatic rings. The lowest BCUT2D eigenvalue weighted by molar-refractivity contribution is -0.117. The van der Waals surface area contributed by atoms with Crippen molar-refractivity contribution in [2.45, 2.75) is 64.8 Å². The van der Waals surface area contributed by atoms with Gasteiger partial charge in [0.05, 0.1) is 0 Å². The van der Waals surface area contributed by atoms with Crippen LogP contribution in [0.5, 0.6) is 0 Å². The van der Waals surface area contributed by atoms with Gasteiger partial charge >= 0.3 is 0 Å². The summed E-state index contributed by atoms with van der Waals surface area (Å²) in [7, 11) is 0. The molecule has 0 N–H and O–H groups in total. The van der Waals surface area contributed by atoms with E-state index in [0.29, 0.717) is 0 Å². The van der Waals surface area contributed by atoms with E-state index < -0.39 is 0 Å². The summed E-state index contributed by atoms with van der Waals surface area (Å²) in [6.07, 6.45) is 3.20. The Kier molecular flexibility index (Phi) is 4.49. The summed E-state index contributed by atoms with van der Waals surface area (Å²) >= 11 is 0. The lowest BCUT2D eigenvalue weighted by atomic mass is 9.65. The number of para-hydroxylation sites is 1. The van der Waals surface area contributed by atoms with E-state index in [1.54, 1.807) is 6.92 Å². The molecule has 1 amide bonds. The minimum Gasteiger partial charge on any atom is -0.307 e. The first-order chi connectivity index (χ1) is 11.8. The van der Waals surface area contributed by atoms with E-state index in [2.05, 4.69) is 70.2 Å². The van der Waals surface area contributed by atoms with E-state index in [1.807, 2.05) is 11.0 Å². The molecule has 1 atom stereocenters. The fourth-order valence-electron chi connectivity index (χ4n) is 4.68. The Hall–Kier alpha value is -2.09. The minimum atomic E-state index is -0.225. The summed E-state index contributed by atoms with van der Waals surface area (Å²) in [6.45, 7) is 10.5. The Bertz CT molecular complexity index is 775. The van der Waals surface area contributed by atoms with Crippen LogP contribution in [0.25, 0.3) is 0 Å². The van der Waals surface area contributed by atoms with E-state index in [0.717, 1.165) is 18.5 Å². The number of amides is 1. The highest BCUT2D eigenvalue weighted by atomic mass is 16.2. The second-order valence-corrected chi connectivity index (χ2v) is 8.14. The van der Waals surface area contributed by atoms with Crippen molar-refractivity contribution < 1.29 is 4.79 Å². The molecular weight excluding hydrogens is 306 g/mol. The smallest absolute Gasteiger partial charge is 0.224 e. The summed E-state index contributed by atoms with van der Waals surface area (Å²) in [6, 6.07) is 17.5. The number of carbonyl (C=O) groups is 1. The summed E-state index contributed by atoms with van der Waals surface area (Å²) in [4.78, 5) is 14.3. The van der Waals surface area contributed by atoms with Crippen LogP contribution in [0, 0.1) is 0 Å². The first-order valence-corrected chi connectivity index (χ1v) is 9.29. The Labute approximate surface area is 151 Å². The number of anilines is 1. The first kappa shape index (κ1) is 17.7. The van der Waals surface area contributed by atoms with Crippen molar-refractivity contribution in [3.8, 4) is 0 Å². The van der Waals surface area contributed by atoms with Crippen molar-refractivity contribution in [2.24, 2.45) is 0 Å². The zero-order valence-corrected chi connectivity index (χ0v) is 16.1. The lowest BCUT2D eigenvalue weighted by Gasteiger charge is -2.51. The monoisotopic (exact) mass is 335 g/mol. The van der Waals surface area contributed by atoms with Gasteiger partial charge in [0, 0.05) is 23.6 Å². The van der Waals surface area contributed by atoms with E-state index in [4.69, 9.17) is 0 Å². The van der Waals surface area contributed by atoms with Crippen LogP contribution in [0.4, 0.5) is 5.69 Å². The SMILES string of the molecule is CCCc1ccc([C@@]2(C)CC(C)(C)N(C(C)=O)c3ccccc32)cc1. The number of nitrogens with zero attached hydrogens (tertiary/aromatic N) is 1. The molecule has 0 spiro atoms. The number of carbonyl (C=O) groups excluding carboxylic acids is 1. The van der Waals surface area contributed by atoms with Gasteiger partial charge in [0.2, 0.25) is 5.91 Å². The lowest BCUT2D eigenvalue weighted by Crippen LogP contribution is -2.55. The van der Waals surface area contributed by atoms with Gasteiger partial charge in [0.15, 0.2) is 0 Å². The molecule has 0 saturated heterocycles. The van der Waals surface area contributed by atoms with E-state index in [9.17, 15) is 4.79 Å². The minimum absolute atomic E-state index is 0.100. The van der Waals surface area contributed by atoms with Gasteiger partial charge in [0.1, 0.15) is 0 Å². The topological polar surface area (TPSA) is 20.3 Å². The van der Waals surface area contributed by atoms with Gasteiger partial charge in [-0.15, -0.1) is 0 Å². The predicted octanol–water partition coefficient (Wildman–Crippen LogP) is 5.48. The van der Waals surface area contributed by atoms with Crippen LogP contribution in [-0.2, 0) is 16.6 Å². The second kappa shape index (κ2) is 6.33. The molecule has 25 heavy (non-hydrogen) atoms. The van der Waals surface area contributed by atoms with Gasteiger partial charge < -0.3 is 4.90 Å². The van der Waals surface area contributed by atoms with Crippen molar-refractivity contribution in [3.05, 3.63) is 65.2 Å². The van der Waals surface area contributed by atoms with E-state index in [-0.39, 0.29) is 16.9 Å². The Morgan fingerprint density at radius 1 is 1.04 bits per heavy atom. The number of fused-ring (bicyclic) bond motifs is 1. The van der Waals surface area contributed by atoms with Gasteiger partial charge in [-0.3, -0.25) is 4.79 Å². The average Bonchev–Trinajstić information content (AvgIpc) is 2.54. The zero-order chi connectivity index (χ0) is 18.2. The van der Waals surface area contributed by atoms with Crippen LogP contribution in [0.2, 0.25) is 0 Å². The number of aryl methyl sites for hydroxylation is 1. The fraction of sp³-hybridized carbons (Fsp3) is 0.435. The Morgan fingerprint density at radius 2 is 1.68 bits per heavy atom. The maximum absolute atomic E-state index is 12.4. The maximum Gasteiger partial charge on any atom is 0.224 e. The third kappa shape index (κ3) is 2.99. The van der Waals surface area contributed by atoms with Crippen LogP contribution in [0.1, 0.15) is 64.2 Å². The summed E-state index contributed by atoms with van der Waals surface area (Å²) in [5, 5.41) is 0. The molecular formula is C23H29NO. The largest absolute Gasteiger partial charge is 0.307 e. The van der Waals surface area contributed by atoms with E-state index in [1.165, 1.54) is 23.1 Å². The van der Waals surface area contributed by atoms with Crippen LogP contribution >= 0.6 is 0 Å². The maximum atomic E-state index is 12.4. The fourth-order valence-corrected chi connectivity index (χ4v) is 4.68. The molecule has 0 unspecified atom stereocenters. The third-order valence-corrected chi connectivity index (χ3v) is 5.58. The van der Waals surface area contributed by atoms with Crippen molar-refractivity contribution >= 4 is 11.6 Å². The van der Waals surface area contributed by atoms with Gasteiger partial charge in [-0.2, -0.15) is 0 Å². The molecule has 0 aliphatic carbocycles. The normalized spacial score (nSPS) is 21.7. The number of hydrogen-bond acceptors (Lipinski definition) is 1.